The third-order valence-corrected chi connectivity index (χ3v) is 4.70. The van der Waals surface area contributed by atoms with Gasteiger partial charge in [-0.3, -0.25) is 5.10 Å². The minimum Gasteiger partial charge on any atom is -0.496 e. The molecule has 4 rings (SSSR count). The first-order chi connectivity index (χ1) is 14.3. The second-order valence-corrected chi connectivity index (χ2v) is 6.67. The van der Waals surface area contributed by atoms with Crippen LogP contribution in [0.2, 0.25) is 0 Å². The molecule has 0 bridgehead atoms. The van der Waals surface area contributed by atoms with E-state index in [1.165, 1.54) is 5.56 Å². The Kier molecular flexibility index (Phi) is 5.56. The Morgan fingerprint density at radius 3 is 2.66 bits per heavy atom. The predicted octanol–water partition coefficient (Wildman–Crippen LogP) is 4.32. The molecule has 2 heterocycles. The highest BCUT2D eigenvalue weighted by molar-refractivity contribution is 5.96. The lowest BCUT2D eigenvalue weighted by Gasteiger charge is -2.13. The van der Waals surface area contributed by atoms with Crippen molar-refractivity contribution in [2.75, 3.05) is 24.3 Å². The molecule has 148 valence electrons. The smallest absolute Gasteiger partial charge is 0.225 e. The number of anilines is 3. The standard InChI is InChI=1S/C22H24N6O/c1-3-16-14-19(28-27-16)25-21-20-17(10-7-11-18(20)29-2)24-22(26-21)23-13-12-15-8-5-4-6-9-15/h4-11,14H,3,12-13H2,1-2H3,(H3,23,24,25,26,27,28). The van der Waals surface area contributed by atoms with Crippen molar-refractivity contribution in [1.82, 2.24) is 20.2 Å². The van der Waals surface area contributed by atoms with Crippen molar-refractivity contribution in [2.45, 2.75) is 19.8 Å². The van der Waals surface area contributed by atoms with E-state index in [0.29, 0.717) is 23.3 Å². The number of aryl methyl sites for hydroxylation is 1. The third kappa shape index (κ3) is 4.29. The van der Waals surface area contributed by atoms with Crippen LogP contribution < -0.4 is 15.4 Å². The fourth-order valence-electron chi connectivity index (χ4n) is 3.18. The van der Waals surface area contributed by atoms with Crippen molar-refractivity contribution in [3.8, 4) is 5.75 Å². The molecule has 0 radical (unpaired) electrons. The van der Waals surface area contributed by atoms with Gasteiger partial charge in [0.05, 0.1) is 18.0 Å². The molecule has 4 aromatic rings. The van der Waals surface area contributed by atoms with E-state index < -0.39 is 0 Å². The lowest BCUT2D eigenvalue weighted by Crippen LogP contribution is -2.09. The summed E-state index contributed by atoms with van der Waals surface area (Å²) in [4.78, 5) is 9.37. The summed E-state index contributed by atoms with van der Waals surface area (Å²) in [5.74, 6) is 2.65. The van der Waals surface area contributed by atoms with Crippen molar-refractivity contribution in [1.29, 1.82) is 0 Å². The highest BCUT2D eigenvalue weighted by atomic mass is 16.5. The molecule has 2 aromatic heterocycles. The Morgan fingerprint density at radius 2 is 1.90 bits per heavy atom. The van der Waals surface area contributed by atoms with Gasteiger partial charge >= 0.3 is 0 Å². The summed E-state index contributed by atoms with van der Waals surface area (Å²) < 4.78 is 5.54. The maximum absolute atomic E-state index is 5.54. The normalized spacial score (nSPS) is 10.8. The van der Waals surface area contributed by atoms with E-state index in [1.807, 2.05) is 42.5 Å². The maximum Gasteiger partial charge on any atom is 0.225 e. The van der Waals surface area contributed by atoms with Crippen LogP contribution >= 0.6 is 0 Å². The molecule has 0 amide bonds. The number of rotatable bonds is 8. The minimum absolute atomic E-state index is 0.565. The number of methoxy groups -OCH3 is 1. The van der Waals surface area contributed by atoms with Crippen LogP contribution in [-0.4, -0.2) is 33.8 Å². The van der Waals surface area contributed by atoms with Crippen molar-refractivity contribution < 1.29 is 4.74 Å². The Labute approximate surface area is 169 Å². The van der Waals surface area contributed by atoms with Gasteiger partial charge in [0, 0.05) is 18.3 Å². The molecule has 0 aliphatic carbocycles. The number of nitrogens with zero attached hydrogens (tertiary/aromatic N) is 3. The first-order valence-corrected chi connectivity index (χ1v) is 9.70. The van der Waals surface area contributed by atoms with Gasteiger partial charge in [-0.15, -0.1) is 0 Å². The van der Waals surface area contributed by atoms with Gasteiger partial charge in [-0.05, 0) is 30.5 Å². The number of hydrogen-bond acceptors (Lipinski definition) is 6. The van der Waals surface area contributed by atoms with Gasteiger partial charge in [0.25, 0.3) is 0 Å². The topological polar surface area (TPSA) is 87.8 Å². The van der Waals surface area contributed by atoms with Gasteiger partial charge in [0.1, 0.15) is 11.6 Å². The van der Waals surface area contributed by atoms with Crippen molar-refractivity contribution in [2.24, 2.45) is 0 Å². The number of aromatic amines is 1. The fourth-order valence-corrected chi connectivity index (χ4v) is 3.18. The second-order valence-electron chi connectivity index (χ2n) is 6.67. The monoisotopic (exact) mass is 388 g/mol. The zero-order valence-electron chi connectivity index (χ0n) is 16.6. The molecule has 7 nitrogen and oxygen atoms in total. The molecule has 0 atom stereocenters. The first kappa shape index (κ1) is 18.7. The quantitative estimate of drug-likeness (QED) is 0.417. The van der Waals surface area contributed by atoms with Crippen LogP contribution in [0.25, 0.3) is 10.9 Å². The summed E-state index contributed by atoms with van der Waals surface area (Å²) >= 11 is 0. The number of ether oxygens (including phenoxy) is 1. The van der Waals surface area contributed by atoms with Crippen LogP contribution in [0, 0.1) is 0 Å². The van der Waals surface area contributed by atoms with Crippen molar-refractivity contribution >= 4 is 28.5 Å². The minimum atomic E-state index is 0.565. The number of hydrogen-bond donors (Lipinski definition) is 3. The van der Waals surface area contributed by atoms with E-state index >= 15 is 0 Å². The molecule has 3 N–H and O–H groups in total. The number of H-pyrrole nitrogens is 1. The van der Waals surface area contributed by atoms with Crippen LogP contribution in [0.4, 0.5) is 17.6 Å². The summed E-state index contributed by atoms with van der Waals surface area (Å²) in [5, 5.41) is 14.8. The van der Waals surface area contributed by atoms with E-state index in [9.17, 15) is 0 Å². The van der Waals surface area contributed by atoms with Crippen LogP contribution in [-0.2, 0) is 12.8 Å². The van der Waals surface area contributed by atoms with Crippen LogP contribution in [0.5, 0.6) is 5.75 Å². The van der Waals surface area contributed by atoms with Gasteiger partial charge in [0.2, 0.25) is 5.95 Å². The molecular weight excluding hydrogens is 364 g/mol. The molecule has 29 heavy (non-hydrogen) atoms. The molecule has 2 aromatic carbocycles. The third-order valence-electron chi connectivity index (χ3n) is 4.70. The zero-order valence-corrected chi connectivity index (χ0v) is 16.6. The van der Waals surface area contributed by atoms with Crippen LogP contribution in [0.1, 0.15) is 18.2 Å². The van der Waals surface area contributed by atoms with Gasteiger partial charge in [-0.1, -0.05) is 43.3 Å². The van der Waals surface area contributed by atoms with Gasteiger partial charge in [-0.25, -0.2) is 4.98 Å². The van der Waals surface area contributed by atoms with Gasteiger partial charge in [0.15, 0.2) is 5.82 Å². The molecule has 0 spiro atoms. The summed E-state index contributed by atoms with van der Waals surface area (Å²) in [5.41, 5.74) is 3.12. The predicted molar refractivity (Wildman–Crippen MR) is 116 cm³/mol. The Hall–Kier alpha value is -3.61. The second kappa shape index (κ2) is 8.60. The number of aromatic nitrogens is 4. The molecular formula is C22H24N6O. The fraction of sp³-hybridized carbons (Fsp3) is 0.227. The molecule has 0 aliphatic rings. The summed E-state index contributed by atoms with van der Waals surface area (Å²) in [6.45, 7) is 2.82. The van der Waals surface area contributed by atoms with Crippen molar-refractivity contribution in [3.05, 3.63) is 65.9 Å². The summed E-state index contributed by atoms with van der Waals surface area (Å²) in [6, 6.07) is 18.1. The zero-order chi connectivity index (χ0) is 20.1. The van der Waals surface area contributed by atoms with E-state index in [0.717, 1.165) is 36.0 Å². The van der Waals surface area contributed by atoms with Gasteiger partial charge < -0.3 is 15.4 Å². The average Bonchev–Trinajstić information content (AvgIpc) is 3.21. The maximum atomic E-state index is 5.54. The SMILES string of the molecule is CCc1cc(Nc2nc(NCCc3ccccc3)nc3cccc(OC)c23)n[nH]1. The van der Waals surface area contributed by atoms with E-state index in [-0.39, 0.29) is 0 Å². The lowest BCUT2D eigenvalue weighted by atomic mass is 10.1. The van der Waals surface area contributed by atoms with E-state index in [4.69, 9.17) is 9.72 Å². The van der Waals surface area contributed by atoms with Crippen molar-refractivity contribution in [3.63, 3.8) is 0 Å². The molecule has 0 fully saturated rings. The number of nitrogens with one attached hydrogen (secondary N) is 3. The van der Waals surface area contributed by atoms with Crippen LogP contribution in [0.3, 0.4) is 0 Å². The highest BCUT2D eigenvalue weighted by Crippen LogP contribution is 2.32. The Morgan fingerprint density at radius 1 is 1.03 bits per heavy atom. The largest absolute Gasteiger partial charge is 0.496 e. The van der Waals surface area contributed by atoms with E-state index in [1.54, 1.807) is 7.11 Å². The number of fused-ring (bicyclic) bond motifs is 1. The van der Waals surface area contributed by atoms with Gasteiger partial charge in [-0.2, -0.15) is 10.1 Å². The first-order valence-electron chi connectivity index (χ1n) is 9.70. The lowest BCUT2D eigenvalue weighted by molar-refractivity contribution is 0.420. The molecule has 0 saturated carbocycles. The average molecular weight is 388 g/mol. The molecule has 0 aliphatic heterocycles. The van der Waals surface area contributed by atoms with Crippen LogP contribution in [0.15, 0.2) is 54.6 Å². The summed E-state index contributed by atoms with van der Waals surface area (Å²) in [6.07, 6.45) is 1.77. The van der Waals surface area contributed by atoms with E-state index in [2.05, 4.69) is 44.9 Å². The molecule has 0 unspecified atom stereocenters. The Bertz CT molecular complexity index is 1090. The Balaban J connectivity index is 1.63. The summed E-state index contributed by atoms with van der Waals surface area (Å²) in [7, 11) is 1.65. The molecule has 0 saturated heterocycles. The molecule has 7 heteroatoms. The highest BCUT2D eigenvalue weighted by Gasteiger charge is 2.14. The number of benzene rings is 2.